The molecule has 0 radical (unpaired) electrons. The third kappa shape index (κ3) is 5.42. The Bertz CT molecular complexity index is 1330. The molecule has 4 aliphatic rings. The highest BCUT2D eigenvalue weighted by molar-refractivity contribution is 9.11. The van der Waals surface area contributed by atoms with E-state index >= 15 is 0 Å². The van der Waals surface area contributed by atoms with Crippen molar-refractivity contribution in [1.29, 1.82) is 0 Å². The summed E-state index contributed by atoms with van der Waals surface area (Å²) in [5.74, 6) is -3.35. The van der Waals surface area contributed by atoms with Gasteiger partial charge in [-0.25, -0.2) is 0 Å². The number of aliphatic hydroxyl groups is 1. The van der Waals surface area contributed by atoms with E-state index in [1.165, 1.54) is 4.90 Å². The number of carbonyl (C=O) groups excluding carboxylic acids is 4. The number of allylic oxidation sites excluding steroid dienone is 1. The first kappa shape index (κ1) is 30.4. The molecule has 3 amide bonds. The molecule has 0 aliphatic carbocycles. The van der Waals surface area contributed by atoms with Crippen LogP contribution in [0.15, 0.2) is 40.9 Å². The van der Waals surface area contributed by atoms with E-state index in [0.717, 1.165) is 11.1 Å². The highest BCUT2D eigenvalue weighted by Crippen LogP contribution is 2.59. The number of likely N-dealkylation sites (tertiary alicyclic amines) is 1. The Morgan fingerprint density at radius 1 is 1.12 bits per heavy atom. The fraction of sp³-hybridized carbons (Fsp3) is 0.548. The maximum atomic E-state index is 14.8. The van der Waals surface area contributed by atoms with Gasteiger partial charge in [0.2, 0.25) is 11.8 Å². The van der Waals surface area contributed by atoms with Crippen LogP contribution >= 0.6 is 15.9 Å². The minimum Gasteiger partial charge on any atom is -0.460 e. The molecule has 0 saturated carbocycles. The van der Waals surface area contributed by atoms with Crippen molar-refractivity contribution in [2.75, 3.05) is 31.1 Å². The van der Waals surface area contributed by atoms with Crippen molar-refractivity contribution < 1.29 is 33.8 Å². The van der Waals surface area contributed by atoms with Crippen LogP contribution in [0.5, 0.6) is 0 Å². The lowest BCUT2D eigenvalue weighted by Gasteiger charge is -2.36. The standard InChI is InChI=1S/C31H38BrN3O7/c1-18-10-11-19(2)22(15-18)34-12-6-4-5-9-23(37)33-17-20(3)41-30(40)24-25-28(38)35(13-7-8-14-36)27(29(34)39)31(25)16-21(32)26(24)42-31/h4,6,10-11,15-16,20,24-27,36H,5,7-9,12-14,17H2,1-3H3,(H,33,37)/b6-4-/t20-,24+,25-,26+,27+,31-/m1/s1. The topological polar surface area (TPSA) is 125 Å². The average molecular weight is 645 g/mol. The van der Waals surface area contributed by atoms with E-state index in [0.29, 0.717) is 29.4 Å². The van der Waals surface area contributed by atoms with Crippen LogP contribution in [-0.4, -0.2) is 83.8 Å². The van der Waals surface area contributed by atoms with Gasteiger partial charge in [-0.2, -0.15) is 0 Å². The summed E-state index contributed by atoms with van der Waals surface area (Å²) in [7, 11) is 0. The number of anilines is 1. The van der Waals surface area contributed by atoms with Gasteiger partial charge in [0.1, 0.15) is 29.8 Å². The number of halogens is 1. The molecular formula is C31H38BrN3O7. The number of hydrogen-bond acceptors (Lipinski definition) is 7. The Morgan fingerprint density at radius 3 is 2.67 bits per heavy atom. The predicted octanol–water partition coefficient (Wildman–Crippen LogP) is 2.68. The van der Waals surface area contributed by atoms with Crippen molar-refractivity contribution in [3.63, 3.8) is 0 Å². The van der Waals surface area contributed by atoms with Gasteiger partial charge in [0.05, 0.1) is 12.5 Å². The molecular weight excluding hydrogens is 606 g/mol. The fourth-order valence-corrected chi connectivity index (χ4v) is 7.28. The van der Waals surface area contributed by atoms with Crippen molar-refractivity contribution in [2.24, 2.45) is 11.8 Å². The number of carbonyl (C=O) groups is 4. The molecule has 42 heavy (non-hydrogen) atoms. The molecule has 0 unspecified atom stereocenters. The number of fused-ring (bicyclic) bond motifs is 2. The minimum absolute atomic E-state index is 0.0397. The number of esters is 1. The number of amides is 3. The van der Waals surface area contributed by atoms with Crippen LogP contribution in [0.2, 0.25) is 0 Å². The summed E-state index contributed by atoms with van der Waals surface area (Å²) < 4.78 is 12.9. The second-order valence-corrected chi connectivity index (χ2v) is 12.5. The number of nitrogens with zero attached hydrogens (tertiary/aromatic N) is 2. The molecule has 2 saturated heterocycles. The first-order valence-corrected chi connectivity index (χ1v) is 15.4. The van der Waals surface area contributed by atoms with Gasteiger partial charge in [0.25, 0.3) is 5.91 Å². The summed E-state index contributed by atoms with van der Waals surface area (Å²) in [4.78, 5) is 58.2. The van der Waals surface area contributed by atoms with E-state index in [1.54, 1.807) is 17.9 Å². The number of benzene rings is 1. The van der Waals surface area contributed by atoms with Gasteiger partial charge in [-0.1, -0.05) is 40.2 Å². The lowest BCUT2D eigenvalue weighted by Crippen LogP contribution is -2.56. The quantitative estimate of drug-likeness (QED) is 0.287. The molecule has 0 aromatic heterocycles. The lowest BCUT2D eigenvalue weighted by molar-refractivity contribution is -0.158. The molecule has 1 aromatic carbocycles. The number of nitrogens with one attached hydrogen (secondary N) is 1. The summed E-state index contributed by atoms with van der Waals surface area (Å²) in [5.41, 5.74) is 1.21. The molecule has 1 spiro atoms. The zero-order chi connectivity index (χ0) is 30.2. The lowest BCUT2D eigenvalue weighted by atomic mass is 9.74. The molecule has 2 N–H and O–H groups in total. The van der Waals surface area contributed by atoms with E-state index in [4.69, 9.17) is 9.47 Å². The molecule has 5 rings (SSSR count). The monoisotopic (exact) mass is 643 g/mol. The van der Waals surface area contributed by atoms with Gasteiger partial charge in [-0.05, 0) is 63.3 Å². The Labute approximate surface area is 254 Å². The molecule has 10 nitrogen and oxygen atoms in total. The van der Waals surface area contributed by atoms with E-state index < -0.39 is 41.7 Å². The Balaban J connectivity index is 1.63. The zero-order valence-corrected chi connectivity index (χ0v) is 25.8. The van der Waals surface area contributed by atoms with Gasteiger partial charge >= 0.3 is 5.97 Å². The number of aliphatic hydroxyl groups excluding tert-OH is 1. The highest BCUT2D eigenvalue weighted by atomic mass is 79.9. The van der Waals surface area contributed by atoms with Crippen LogP contribution in [0.3, 0.4) is 0 Å². The number of hydrogen-bond donors (Lipinski definition) is 2. The first-order chi connectivity index (χ1) is 20.1. The Kier molecular flexibility index (Phi) is 8.91. The maximum absolute atomic E-state index is 14.8. The maximum Gasteiger partial charge on any atom is 0.313 e. The fourth-order valence-electron chi connectivity index (χ4n) is 6.54. The third-order valence-corrected chi connectivity index (χ3v) is 9.24. The van der Waals surface area contributed by atoms with Crippen LogP contribution in [0.25, 0.3) is 0 Å². The number of ether oxygens (including phenoxy) is 2. The van der Waals surface area contributed by atoms with Crippen molar-refractivity contribution in [1.82, 2.24) is 10.2 Å². The van der Waals surface area contributed by atoms with Crippen molar-refractivity contribution in [3.05, 3.63) is 52.0 Å². The van der Waals surface area contributed by atoms with Gasteiger partial charge < -0.3 is 29.7 Å². The Morgan fingerprint density at radius 2 is 1.90 bits per heavy atom. The van der Waals surface area contributed by atoms with Crippen molar-refractivity contribution in [3.8, 4) is 0 Å². The van der Waals surface area contributed by atoms with E-state index in [-0.39, 0.29) is 50.4 Å². The zero-order valence-electron chi connectivity index (χ0n) is 24.2. The predicted molar refractivity (Wildman–Crippen MR) is 159 cm³/mol. The Hall–Kier alpha value is -3.02. The van der Waals surface area contributed by atoms with E-state index in [9.17, 15) is 24.3 Å². The summed E-state index contributed by atoms with van der Waals surface area (Å²) in [6, 6.07) is 4.84. The van der Waals surface area contributed by atoms with Crippen LogP contribution in [0.1, 0.15) is 43.7 Å². The summed E-state index contributed by atoms with van der Waals surface area (Å²) in [6.07, 6.45) is 5.80. The number of cyclic esters (lactones) is 1. The molecule has 5 bridgehead atoms. The van der Waals surface area contributed by atoms with Crippen molar-refractivity contribution in [2.45, 2.75) is 70.3 Å². The molecule has 4 aliphatic heterocycles. The molecule has 4 heterocycles. The SMILES string of the molecule is Cc1ccc(C)c(N2C/C=C\CCC(=O)NC[C@@H](C)OC(=O)[C@@H]3[C@H]4O[C@@]5(C=C4Br)[C@H](C2=O)N(CCCCO)C(=O)[C@@H]35)c1. The highest BCUT2D eigenvalue weighted by Gasteiger charge is 2.74. The van der Waals surface area contributed by atoms with Crippen LogP contribution < -0.4 is 10.2 Å². The van der Waals surface area contributed by atoms with Gasteiger partial charge in [-0.15, -0.1) is 0 Å². The smallest absolute Gasteiger partial charge is 0.313 e. The second kappa shape index (κ2) is 12.3. The summed E-state index contributed by atoms with van der Waals surface area (Å²) >= 11 is 3.56. The van der Waals surface area contributed by atoms with Crippen LogP contribution in [0, 0.1) is 25.7 Å². The molecule has 2 fully saturated rings. The number of aryl methyl sites for hydroxylation is 2. The molecule has 11 heteroatoms. The van der Waals surface area contributed by atoms with Gasteiger partial charge in [0, 0.05) is 36.3 Å². The van der Waals surface area contributed by atoms with Crippen molar-refractivity contribution >= 4 is 45.3 Å². The summed E-state index contributed by atoms with van der Waals surface area (Å²) in [5, 5.41) is 12.2. The largest absolute Gasteiger partial charge is 0.460 e. The summed E-state index contributed by atoms with van der Waals surface area (Å²) in [6.45, 7) is 6.12. The molecule has 226 valence electrons. The van der Waals surface area contributed by atoms with Crippen LogP contribution in [-0.2, 0) is 28.7 Å². The minimum atomic E-state index is -1.37. The second-order valence-electron chi connectivity index (χ2n) is 11.6. The average Bonchev–Trinajstić information content (AvgIpc) is 3.54. The molecule has 6 atom stereocenters. The first-order valence-electron chi connectivity index (χ1n) is 14.6. The van der Waals surface area contributed by atoms with E-state index in [1.807, 2.05) is 44.2 Å². The van der Waals surface area contributed by atoms with Crippen LogP contribution in [0.4, 0.5) is 5.69 Å². The third-order valence-electron chi connectivity index (χ3n) is 8.56. The van der Waals surface area contributed by atoms with E-state index in [2.05, 4.69) is 21.2 Å². The number of unbranched alkanes of at least 4 members (excludes halogenated alkanes) is 1. The number of rotatable bonds is 5. The van der Waals surface area contributed by atoms with Gasteiger partial charge in [0.15, 0.2) is 0 Å². The normalized spacial score (nSPS) is 32.5. The molecule has 1 aromatic rings. The van der Waals surface area contributed by atoms with Gasteiger partial charge in [-0.3, -0.25) is 19.2 Å².